The van der Waals surface area contributed by atoms with Gasteiger partial charge in [0.2, 0.25) is 0 Å². The molecule has 152 valence electrons. The average molecular weight is 398 g/mol. The molecule has 0 saturated heterocycles. The van der Waals surface area contributed by atoms with E-state index in [9.17, 15) is 19.8 Å². The third-order valence-electron chi connectivity index (χ3n) is 4.04. The summed E-state index contributed by atoms with van der Waals surface area (Å²) in [4.78, 5) is 24.7. The van der Waals surface area contributed by atoms with E-state index in [4.69, 9.17) is 14.2 Å². The van der Waals surface area contributed by atoms with Crippen molar-refractivity contribution in [1.82, 2.24) is 0 Å². The van der Waals surface area contributed by atoms with Crippen molar-refractivity contribution in [3.63, 3.8) is 0 Å². The number of benzene rings is 2. The molecule has 29 heavy (non-hydrogen) atoms. The predicted molar refractivity (Wildman–Crippen MR) is 108 cm³/mol. The first-order valence-electron chi connectivity index (χ1n) is 8.60. The lowest BCUT2D eigenvalue weighted by atomic mass is 10.1. The van der Waals surface area contributed by atoms with E-state index in [2.05, 4.69) is 0 Å². The molecule has 0 unspecified atom stereocenters. The van der Waals surface area contributed by atoms with Crippen molar-refractivity contribution in [2.75, 3.05) is 21.3 Å². The third kappa shape index (κ3) is 5.70. The van der Waals surface area contributed by atoms with E-state index < -0.39 is 17.7 Å². The van der Waals surface area contributed by atoms with E-state index in [1.165, 1.54) is 57.8 Å². The first kappa shape index (κ1) is 21.7. The molecule has 0 amide bonds. The van der Waals surface area contributed by atoms with E-state index in [1.54, 1.807) is 24.3 Å². The maximum atomic E-state index is 12.4. The number of hydrogen-bond donors (Lipinski definition) is 2. The number of phenols is 2. The van der Waals surface area contributed by atoms with Crippen molar-refractivity contribution >= 4 is 23.7 Å². The van der Waals surface area contributed by atoms with Gasteiger partial charge in [0.1, 0.15) is 0 Å². The Labute approximate surface area is 168 Å². The number of phenolic OH excluding ortho intramolecular Hbond substituents is 2. The molecule has 0 aliphatic heterocycles. The molecule has 0 aromatic heterocycles. The molecule has 0 heterocycles. The SMILES string of the molecule is COc1cc(/C=C/C(=O)C(OC)C(=O)/C=C/c2ccc(O)c(OC)c2)ccc1O. The molecule has 0 atom stereocenters. The van der Waals surface area contributed by atoms with Crippen molar-refractivity contribution in [3.05, 3.63) is 59.7 Å². The number of hydrogen-bond acceptors (Lipinski definition) is 7. The fourth-order valence-electron chi connectivity index (χ4n) is 2.50. The highest BCUT2D eigenvalue weighted by Crippen LogP contribution is 2.27. The minimum Gasteiger partial charge on any atom is -0.504 e. The van der Waals surface area contributed by atoms with Crippen LogP contribution in [0, 0.1) is 0 Å². The monoisotopic (exact) mass is 398 g/mol. The van der Waals surface area contributed by atoms with Crippen molar-refractivity contribution in [3.8, 4) is 23.0 Å². The number of carbonyl (C=O) groups is 2. The van der Waals surface area contributed by atoms with Gasteiger partial charge in [0.25, 0.3) is 0 Å². The molecule has 7 heteroatoms. The molecule has 0 radical (unpaired) electrons. The Morgan fingerprint density at radius 3 is 1.55 bits per heavy atom. The number of aromatic hydroxyl groups is 2. The van der Waals surface area contributed by atoms with E-state index in [0.29, 0.717) is 11.1 Å². The molecular formula is C22H22O7. The fraction of sp³-hybridized carbons (Fsp3) is 0.182. The van der Waals surface area contributed by atoms with E-state index in [-0.39, 0.29) is 23.0 Å². The van der Waals surface area contributed by atoms with Gasteiger partial charge in [-0.05, 0) is 47.5 Å². The number of methoxy groups -OCH3 is 3. The highest BCUT2D eigenvalue weighted by Gasteiger charge is 2.22. The number of ketones is 2. The van der Waals surface area contributed by atoms with Crippen LogP contribution in [0.25, 0.3) is 12.2 Å². The fourth-order valence-corrected chi connectivity index (χ4v) is 2.50. The van der Waals surface area contributed by atoms with Gasteiger partial charge in [-0.3, -0.25) is 9.59 Å². The van der Waals surface area contributed by atoms with Gasteiger partial charge < -0.3 is 24.4 Å². The smallest absolute Gasteiger partial charge is 0.192 e. The van der Waals surface area contributed by atoms with Crippen molar-refractivity contribution in [1.29, 1.82) is 0 Å². The van der Waals surface area contributed by atoms with Crippen LogP contribution in [-0.2, 0) is 14.3 Å². The quantitative estimate of drug-likeness (QED) is 0.494. The van der Waals surface area contributed by atoms with Gasteiger partial charge in [-0.15, -0.1) is 0 Å². The van der Waals surface area contributed by atoms with Crippen molar-refractivity contribution in [2.45, 2.75) is 6.10 Å². The summed E-state index contributed by atoms with van der Waals surface area (Å²) < 4.78 is 15.1. The van der Waals surface area contributed by atoms with Crippen LogP contribution in [0.4, 0.5) is 0 Å². The molecule has 0 bridgehead atoms. The second kappa shape index (κ2) is 10.1. The molecule has 2 N–H and O–H groups in total. The predicted octanol–water partition coefficient (Wildman–Crippen LogP) is 2.99. The standard InChI is InChI=1S/C22H22O7/c1-27-20-12-14(4-8-16(20)23)6-10-18(25)22(29-3)19(26)11-7-15-5-9-17(24)21(13-15)28-2/h4-13,22-24H,1-3H3/b10-6+,11-7+. The Kier molecular flexibility index (Phi) is 7.56. The highest BCUT2D eigenvalue weighted by molar-refractivity contribution is 6.16. The van der Waals surface area contributed by atoms with Crippen LogP contribution in [0.1, 0.15) is 11.1 Å². The zero-order valence-electron chi connectivity index (χ0n) is 16.3. The maximum Gasteiger partial charge on any atom is 0.192 e. The largest absolute Gasteiger partial charge is 0.504 e. The van der Waals surface area contributed by atoms with Crippen molar-refractivity contribution < 1.29 is 34.0 Å². The summed E-state index contributed by atoms with van der Waals surface area (Å²) in [5, 5.41) is 19.2. The lowest BCUT2D eigenvalue weighted by molar-refractivity contribution is -0.134. The van der Waals surface area contributed by atoms with Gasteiger partial charge >= 0.3 is 0 Å². The zero-order valence-corrected chi connectivity index (χ0v) is 16.3. The Morgan fingerprint density at radius 2 is 1.21 bits per heavy atom. The van der Waals surface area contributed by atoms with E-state index in [0.717, 1.165) is 0 Å². The van der Waals surface area contributed by atoms with E-state index in [1.807, 2.05) is 0 Å². The minimum atomic E-state index is -1.29. The molecule has 2 aromatic carbocycles. The summed E-state index contributed by atoms with van der Waals surface area (Å²) in [7, 11) is 4.11. The second-order valence-electron chi connectivity index (χ2n) is 5.95. The van der Waals surface area contributed by atoms with Crippen LogP contribution in [0.3, 0.4) is 0 Å². The van der Waals surface area contributed by atoms with Gasteiger partial charge in [-0.25, -0.2) is 0 Å². The molecule has 7 nitrogen and oxygen atoms in total. The van der Waals surface area contributed by atoms with Crippen LogP contribution in [0.2, 0.25) is 0 Å². The minimum absolute atomic E-state index is 0.0167. The Hall–Kier alpha value is -3.58. The summed E-state index contributed by atoms with van der Waals surface area (Å²) in [5.41, 5.74) is 1.23. The summed E-state index contributed by atoms with van der Waals surface area (Å²) >= 11 is 0. The van der Waals surface area contributed by atoms with Gasteiger partial charge in [0.15, 0.2) is 40.7 Å². The number of carbonyl (C=O) groups excluding carboxylic acids is 2. The molecule has 0 spiro atoms. The molecule has 0 aliphatic carbocycles. The van der Waals surface area contributed by atoms with Crippen LogP contribution in [0.15, 0.2) is 48.6 Å². The Morgan fingerprint density at radius 1 is 0.793 bits per heavy atom. The normalized spacial score (nSPS) is 11.3. The number of ether oxygens (including phenoxy) is 3. The van der Waals surface area contributed by atoms with Gasteiger partial charge in [-0.1, -0.05) is 24.3 Å². The lowest BCUT2D eigenvalue weighted by Gasteiger charge is -2.08. The summed E-state index contributed by atoms with van der Waals surface area (Å²) in [6, 6.07) is 9.20. The van der Waals surface area contributed by atoms with Crippen LogP contribution in [-0.4, -0.2) is 49.2 Å². The Balaban J connectivity index is 2.11. The molecular weight excluding hydrogens is 376 g/mol. The second-order valence-corrected chi connectivity index (χ2v) is 5.95. The summed E-state index contributed by atoms with van der Waals surface area (Å²) in [5.74, 6) is -0.554. The Bertz CT molecular complexity index is 869. The summed E-state index contributed by atoms with van der Waals surface area (Å²) in [6.45, 7) is 0. The molecule has 2 rings (SSSR count). The first-order chi connectivity index (χ1) is 13.9. The van der Waals surface area contributed by atoms with Crippen LogP contribution < -0.4 is 9.47 Å². The van der Waals surface area contributed by atoms with Crippen LogP contribution >= 0.6 is 0 Å². The van der Waals surface area contributed by atoms with E-state index >= 15 is 0 Å². The van der Waals surface area contributed by atoms with Crippen LogP contribution in [0.5, 0.6) is 23.0 Å². The maximum absolute atomic E-state index is 12.4. The topological polar surface area (TPSA) is 102 Å². The molecule has 0 aliphatic rings. The third-order valence-corrected chi connectivity index (χ3v) is 4.04. The lowest BCUT2D eigenvalue weighted by Crippen LogP contribution is -2.29. The molecule has 0 saturated carbocycles. The first-order valence-corrected chi connectivity index (χ1v) is 8.60. The van der Waals surface area contributed by atoms with Crippen molar-refractivity contribution in [2.24, 2.45) is 0 Å². The number of rotatable bonds is 9. The van der Waals surface area contributed by atoms with Gasteiger partial charge in [-0.2, -0.15) is 0 Å². The van der Waals surface area contributed by atoms with Gasteiger partial charge in [0, 0.05) is 7.11 Å². The molecule has 2 aromatic rings. The summed E-state index contributed by atoms with van der Waals surface area (Å²) in [6.07, 6.45) is 4.17. The van der Waals surface area contributed by atoms with Gasteiger partial charge in [0.05, 0.1) is 14.2 Å². The molecule has 0 fully saturated rings. The zero-order chi connectivity index (χ0) is 21.4. The highest BCUT2D eigenvalue weighted by atomic mass is 16.5. The average Bonchev–Trinajstić information content (AvgIpc) is 2.73.